The van der Waals surface area contributed by atoms with Crippen LogP contribution in [0.15, 0.2) is 0 Å². The Morgan fingerprint density at radius 3 is 1.69 bits per heavy atom. The summed E-state index contributed by atoms with van der Waals surface area (Å²) in [6, 6.07) is -1.16. The van der Waals surface area contributed by atoms with E-state index in [0.717, 1.165) is 0 Å². The van der Waals surface area contributed by atoms with E-state index in [0.29, 0.717) is 0 Å². The van der Waals surface area contributed by atoms with E-state index in [9.17, 15) is 14.4 Å². The largest absolute Gasteiger partial charge is 0.480 e. The molecule has 0 aromatic heterocycles. The van der Waals surface area contributed by atoms with Gasteiger partial charge < -0.3 is 26.8 Å². The first-order valence-corrected chi connectivity index (χ1v) is 4.39. The molecule has 2 unspecified atom stereocenters. The minimum Gasteiger partial charge on any atom is -0.480 e. The van der Waals surface area contributed by atoms with Crippen LogP contribution in [0.4, 0.5) is 0 Å². The zero-order valence-corrected chi connectivity index (χ0v) is 8.79. The molecule has 8 heteroatoms. The third-order valence-electron chi connectivity index (χ3n) is 1.41. The summed E-state index contributed by atoms with van der Waals surface area (Å²) in [6.45, 7) is 1.61. The van der Waals surface area contributed by atoms with E-state index in [1.54, 1.807) is 6.92 Å². The van der Waals surface area contributed by atoms with Gasteiger partial charge in [-0.05, 0) is 6.42 Å². The van der Waals surface area contributed by atoms with Crippen LogP contribution in [0.25, 0.3) is 0 Å². The van der Waals surface area contributed by atoms with Crippen LogP contribution in [0.1, 0.15) is 19.8 Å². The molecule has 94 valence electrons. The van der Waals surface area contributed by atoms with Crippen LogP contribution in [-0.2, 0) is 14.4 Å². The van der Waals surface area contributed by atoms with E-state index in [1.807, 2.05) is 0 Å². The van der Waals surface area contributed by atoms with Crippen LogP contribution in [0.2, 0.25) is 0 Å². The molecule has 0 fully saturated rings. The highest BCUT2D eigenvalue weighted by atomic mass is 16.4. The molecule has 0 aliphatic heterocycles. The van der Waals surface area contributed by atoms with Crippen molar-refractivity contribution in [3.63, 3.8) is 0 Å². The average Bonchev–Trinajstić information content (AvgIpc) is 2.16. The highest BCUT2D eigenvalue weighted by Gasteiger charge is 2.13. The van der Waals surface area contributed by atoms with Gasteiger partial charge in [-0.25, -0.2) is 4.79 Å². The van der Waals surface area contributed by atoms with E-state index in [4.69, 9.17) is 21.1 Å². The second-order valence-corrected chi connectivity index (χ2v) is 2.88. The van der Waals surface area contributed by atoms with Gasteiger partial charge in [-0.1, -0.05) is 6.92 Å². The van der Waals surface area contributed by atoms with Gasteiger partial charge in [0.05, 0.1) is 6.42 Å². The maximum atomic E-state index is 9.99. The first-order chi connectivity index (χ1) is 7.22. The van der Waals surface area contributed by atoms with E-state index in [2.05, 4.69) is 5.73 Å². The van der Waals surface area contributed by atoms with Crippen LogP contribution >= 0.6 is 0 Å². The minimum absolute atomic E-state index is 0.273. The Kier molecular flexibility index (Phi) is 9.03. The summed E-state index contributed by atoms with van der Waals surface area (Å²) in [5.74, 6) is -3.07. The maximum absolute atomic E-state index is 9.99. The molecule has 0 spiro atoms. The van der Waals surface area contributed by atoms with Gasteiger partial charge in [-0.3, -0.25) is 9.59 Å². The zero-order chi connectivity index (χ0) is 13.3. The van der Waals surface area contributed by atoms with Crippen molar-refractivity contribution in [2.45, 2.75) is 31.9 Å². The number of nitrogens with two attached hydrogens (primary N) is 2. The summed E-state index contributed by atoms with van der Waals surface area (Å²) in [7, 11) is 0. The van der Waals surface area contributed by atoms with Gasteiger partial charge in [0, 0.05) is 0 Å². The molecule has 0 saturated carbocycles. The molecule has 8 nitrogen and oxygen atoms in total. The number of aliphatic hydroxyl groups is 1. The van der Waals surface area contributed by atoms with Crippen molar-refractivity contribution in [3.8, 4) is 0 Å². The molecule has 0 saturated heterocycles. The van der Waals surface area contributed by atoms with Gasteiger partial charge in [0.1, 0.15) is 6.04 Å². The molecule has 0 aliphatic carbocycles. The highest BCUT2D eigenvalue weighted by Crippen LogP contribution is 1.86. The third kappa shape index (κ3) is 10.4. The smallest absolute Gasteiger partial charge is 0.332 e. The summed E-state index contributed by atoms with van der Waals surface area (Å²) in [6.07, 6.45) is -1.22. The Morgan fingerprint density at radius 1 is 1.19 bits per heavy atom. The number of primary amides is 1. The molecule has 0 aromatic rings. The Bertz CT molecular complexity index is 255. The Balaban J connectivity index is 0. The quantitative estimate of drug-likeness (QED) is 0.372. The fraction of sp³-hybridized carbons (Fsp3) is 0.625. The zero-order valence-electron chi connectivity index (χ0n) is 8.79. The topological polar surface area (TPSA) is 164 Å². The molecule has 16 heavy (non-hydrogen) atoms. The molecule has 0 heterocycles. The predicted molar refractivity (Wildman–Crippen MR) is 53.4 cm³/mol. The summed E-state index contributed by atoms with van der Waals surface area (Å²) in [4.78, 5) is 29.6. The molecule has 2 atom stereocenters. The third-order valence-corrected chi connectivity index (χ3v) is 1.41. The SMILES string of the molecule is CCC(O)C(=O)O.NC(=O)CC(N)C(=O)O. The summed E-state index contributed by atoms with van der Waals surface area (Å²) in [5.41, 5.74) is 9.57. The number of aliphatic hydroxyl groups excluding tert-OH is 1. The van der Waals surface area contributed by atoms with Crippen LogP contribution in [-0.4, -0.2) is 45.3 Å². The molecular weight excluding hydrogens is 220 g/mol. The van der Waals surface area contributed by atoms with Crippen molar-refractivity contribution in [2.75, 3.05) is 0 Å². The molecule has 0 bridgehead atoms. The second kappa shape index (κ2) is 8.62. The number of carboxylic acid groups (broad SMARTS) is 2. The monoisotopic (exact) mass is 236 g/mol. The number of carboxylic acids is 2. The number of carbonyl (C=O) groups excluding carboxylic acids is 1. The fourth-order valence-electron chi connectivity index (χ4n) is 0.479. The molecule has 0 rings (SSSR count). The lowest BCUT2D eigenvalue weighted by Gasteiger charge is -1.99. The number of aliphatic carboxylic acids is 2. The lowest BCUT2D eigenvalue weighted by molar-refractivity contribution is -0.146. The van der Waals surface area contributed by atoms with Gasteiger partial charge in [-0.2, -0.15) is 0 Å². The normalized spacial score (nSPS) is 12.9. The van der Waals surface area contributed by atoms with Crippen molar-refractivity contribution in [3.05, 3.63) is 0 Å². The van der Waals surface area contributed by atoms with Crippen LogP contribution < -0.4 is 11.5 Å². The summed E-state index contributed by atoms with van der Waals surface area (Å²) < 4.78 is 0. The minimum atomic E-state index is -1.21. The molecule has 0 radical (unpaired) electrons. The lowest BCUT2D eigenvalue weighted by Crippen LogP contribution is -2.34. The Hall–Kier alpha value is -1.67. The van der Waals surface area contributed by atoms with Crippen molar-refractivity contribution >= 4 is 17.8 Å². The summed E-state index contributed by atoms with van der Waals surface area (Å²) >= 11 is 0. The Morgan fingerprint density at radius 2 is 1.62 bits per heavy atom. The molecule has 0 aliphatic rings. The first kappa shape index (κ1) is 16.7. The second-order valence-electron chi connectivity index (χ2n) is 2.88. The van der Waals surface area contributed by atoms with Crippen LogP contribution in [0.3, 0.4) is 0 Å². The van der Waals surface area contributed by atoms with Crippen LogP contribution in [0, 0.1) is 0 Å². The van der Waals surface area contributed by atoms with E-state index in [-0.39, 0.29) is 12.8 Å². The van der Waals surface area contributed by atoms with Gasteiger partial charge in [0.25, 0.3) is 0 Å². The first-order valence-electron chi connectivity index (χ1n) is 4.39. The van der Waals surface area contributed by atoms with E-state index >= 15 is 0 Å². The molecule has 7 N–H and O–H groups in total. The maximum Gasteiger partial charge on any atom is 0.332 e. The Labute approximate surface area is 91.8 Å². The summed E-state index contributed by atoms with van der Waals surface area (Å²) in [5, 5.41) is 24.4. The van der Waals surface area contributed by atoms with Gasteiger partial charge >= 0.3 is 11.9 Å². The van der Waals surface area contributed by atoms with Crippen LogP contribution in [0.5, 0.6) is 0 Å². The number of amides is 1. The standard InChI is InChI=1S/C4H8N2O3.C4H8O3/c5-2(4(8)9)1-3(6)7;1-2-3(5)4(6)7/h2H,1,5H2,(H2,6,7)(H,8,9);3,5H,2H2,1H3,(H,6,7). The van der Waals surface area contributed by atoms with Gasteiger partial charge in [-0.15, -0.1) is 0 Å². The van der Waals surface area contributed by atoms with Crippen molar-refractivity contribution in [1.29, 1.82) is 0 Å². The fourth-order valence-corrected chi connectivity index (χ4v) is 0.479. The van der Waals surface area contributed by atoms with Crippen molar-refractivity contribution in [2.24, 2.45) is 11.5 Å². The molecule has 0 aromatic carbocycles. The number of rotatable bonds is 5. The molecular formula is C8H16N2O6. The van der Waals surface area contributed by atoms with Gasteiger partial charge in [0.2, 0.25) is 5.91 Å². The average molecular weight is 236 g/mol. The predicted octanol–water partition coefficient (Wildman–Crippen LogP) is -1.88. The van der Waals surface area contributed by atoms with Crippen molar-refractivity contribution < 1.29 is 29.7 Å². The number of hydrogen-bond acceptors (Lipinski definition) is 5. The number of carbonyl (C=O) groups is 3. The molecule has 1 amide bonds. The lowest BCUT2D eigenvalue weighted by atomic mass is 10.2. The number of hydrogen-bond donors (Lipinski definition) is 5. The van der Waals surface area contributed by atoms with E-state index < -0.39 is 30.0 Å². The van der Waals surface area contributed by atoms with E-state index in [1.165, 1.54) is 0 Å². The highest BCUT2D eigenvalue weighted by molar-refractivity contribution is 5.83. The van der Waals surface area contributed by atoms with Gasteiger partial charge in [0.15, 0.2) is 6.10 Å². The van der Waals surface area contributed by atoms with Crippen molar-refractivity contribution in [1.82, 2.24) is 0 Å².